The third-order valence-electron chi connectivity index (χ3n) is 1.66. The van der Waals surface area contributed by atoms with E-state index < -0.39 is 6.43 Å². The molecule has 0 aliphatic heterocycles. The van der Waals surface area contributed by atoms with E-state index in [1.807, 2.05) is 13.8 Å². The van der Waals surface area contributed by atoms with Gasteiger partial charge in [0.1, 0.15) is 0 Å². The van der Waals surface area contributed by atoms with E-state index in [2.05, 4.69) is 15.9 Å². The summed E-state index contributed by atoms with van der Waals surface area (Å²) >= 11 is 3.23. The molecule has 0 aromatic carbocycles. The maximum Gasteiger partial charge on any atom is 0.251 e. The molecule has 0 amide bonds. The summed E-state index contributed by atoms with van der Waals surface area (Å²) in [6.45, 7) is 5.40. The van der Waals surface area contributed by atoms with Gasteiger partial charge in [-0.25, -0.2) is 8.78 Å². The topological polar surface area (TPSA) is 12.5 Å². The van der Waals surface area contributed by atoms with Crippen LogP contribution in [0.5, 0.6) is 0 Å². The first-order chi connectivity index (χ1) is 6.56. The standard InChI is InChI=1S/C9H18BrF2NO/c1-8(2)14-6-5-13(4-3-10)7-9(11)12/h8-9H,3-7H2,1-2H3. The maximum absolute atomic E-state index is 12.1. The fraction of sp³-hybridized carbons (Fsp3) is 1.00. The number of halogens is 3. The van der Waals surface area contributed by atoms with Crippen LogP contribution in [-0.2, 0) is 4.74 Å². The van der Waals surface area contributed by atoms with Crippen molar-refractivity contribution in [2.24, 2.45) is 0 Å². The van der Waals surface area contributed by atoms with Crippen molar-refractivity contribution < 1.29 is 13.5 Å². The van der Waals surface area contributed by atoms with E-state index in [4.69, 9.17) is 4.74 Å². The average molecular weight is 274 g/mol. The molecule has 0 rings (SSSR count). The van der Waals surface area contributed by atoms with Gasteiger partial charge in [0.05, 0.1) is 19.3 Å². The van der Waals surface area contributed by atoms with Gasteiger partial charge < -0.3 is 4.74 Å². The minimum atomic E-state index is -2.27. The molecule has 0 aromatic heterocycles. The van der Waals surface area contributed by atoms with Crippen molar-refractivity contribution in [2.75, 3.05) is 31.6 Å². The third-order valence-corrected chi connectivity index (χ3v) is 2.01. The highest BCUT2D eigenvalue weighted by Gasteiger charge is 2.11. The monoisotopic (exact) mass is 273 g/mol. The van der Waals surface area contributed by atoms with Crippen LogP contribution in [-0.4, -0.2) is 49.0 Å². The predicted molar refractivity (Wildman–Crippen MR) is 57.3 cm³/mol. The summed E-state index contributed by atoms with van der Waals surface area (Å²) in [7, 11) is 0. The molecule has 0 bridgehead atoms. The van der Waals surface area contributed by atoms with E-state index in [0.717, 1.165) is 0 Å². The summed E-state index contributed by atoms with van der Waals surface area (Å²) in [4.78, 5) is 1.70. The van der Waals surface area contributed by atoms with Crippen LogP contribution in [0.1, 0.15) is 13.8 Å². The second-order valence-electron chi connectivity index (χ2n) is 3.30. The Morgan fingerprint density at radius 3 is 2.36 bits per heavy atom. The van der Waals surface area contributed by atoms with Gasteiger partial charge in [-0.2, -0.15) is 0 Å². The second kappa shape index (κ2) is 8.56. The number of alkyl halides is 3. The van der Waals surface area contributed by atoms with Gasteiger partial charge in [0.2, 0.25) is 0 Å². The van der Waals surface area contributed by atoms with Gasteiger partial charge >= 0.3 is 0 Å². The highest BCUT2D eigenvalue weighted by molar-refractivity contribution is 9.09. The summed E-state index contributed by atoms with van der Waals surface area (Å²) in [6, 6.07) is 0. The van der Waals surface area contributed by atoms with Crippen LogP contribution >= 0.6 is 15.9 Å². The Kier molecular flexibility index (Phi) is 8.72. The van der Waals surface area contributed by atoms with Crippen molar-refractivity contribution in [2.45, 2.75) is 26.4 Å². The number of hydrogen-bond acceptors (Lipinski definition) is 2. The van der Waals surface area contributed by atoms with Gasteiger partial charge in [-0.3, -0.25) is 4.90 Å². The highest BCUT2D eigenvalue weighted by Crippen LogP contribution is 2.00. The third kappa shape index (κ3) is 8.84. The molecule has 0 aliphatic rings. The van der Waals surface area contributed by atoms with E-state index in [0.29, 0.717) is 25.0 Å². The molecule has 0 aromatic rings. The van der Waals surface area contributed by atoms with Crippen LogP contribution in [0.15, 0.2) is 0 Å². The van der Waals surface area contributed by atoms with Crippen LogP contribution in [0.4, 0.5) is 8.78 Å². The van der Waals surface area contributed by atoms with E-state index in [1.54, 1.807) is 4.90 Å². The molecule has 0 N–H and O–H groups in total. The van der Waals surface area contributed by atoms with Crippen LogP contribution in [0, 0.1) is 0 Å². The largest absolute Gasteiger partial charge is 0.377 e. The summed E-state index contributed by atoms with van der Waals surface area (Å²) in [6.07, 6.45) is -2.11. The SMILES string of the molecule is CC(C)OCCN(CCBr)CC(F)F. The Labute approximate surface area is 92.7 Å². The van der Waals surface area contributed by atoms with Gasteiger partial charge in [0.15, 0.2) is 0 Å². The van der Waals surface area contributed by atoms with Gasteiger partial charge in [0, 0.05) is 18.4 Å². The molecule has 0 aliphatic carbocycles. The summed E-state index contributed by atoms with van der Waals surface area (Å²) in [5.41, 5.74) is 0. The van der Waals surface area contributed by atoms with E-state index in [9.17, 15) is 8.78 Å². The number of nitrogens with zero attached hydrogens (tertiary/aromatic N) is 1. The number of rotatable bonds is 8. The van der Waals surface area contributed by atoms with Gasteiger partial charge in [-0.15, -0.1) is 0 Å². The summed E-state index contributed by atoms with van der Waals surface area (Å²) in [5, 5.41) is 0.710. The van der Waals surface area contributed by atoms with E-state index in [-0.39, 0.29) is 12.6 Å². The Bertz CT molecular complexity index is 136. The molecule has 0 spiro atoms. The second-order valence-corrected chi connectivity index (χ2v) is 4.09. The first-order valence-corrected chi connectivity index (χ1v) is 5.86. The van der Waals surface area contributed by atoms with Crippen molar-refractivity contribution in [3.63, 3.8) is 0 Å². The zero-order chi connectivity index (χ0) is 11.0. The first kappa shape index (κ1) is 14.3. The minimum Gasteiger partial charge on any atom is -0.377 e. The van der Waals surface area contributed by atoms with Crippen LogP contribution < -0.4 is 0 Å². The Morgan fingerprint density at radius 1 is 1.29 bits per heavy atom. The molecule has 0 saturated carbocycles. The molecule has 0 saturated heterocycles. The Hall–Kier alpha value is 0.260. The molecule has 0 atom stereocenters. The summed E-state index contributed by atoms with van der Waals surface area (Å²) in [5.74, 6) is 0. The molecule has 0 radical (unpaired) electrons. The lowest BCUT2D eigenvalue weighted by atomic mass is 10.4. The van der Waals surface area contributed by atoms with E-state index >= 15 is 0 Å². The lowest BCUT2D eigenvalue weighted by Gasteiger charge is -2.21. The van der Waals surface area contributed by atoms with Crippen LogP contribution in [0.25, 0.3) is 0 Å². The zero-order valence-electron chi connectivity index (χ0n) is 8.68. The van der Waals surface area contributed by atoms with Crippen molar-refractivity contribution >= 4 is 15.9 Å². The van der Waals surface area contributed by atoms with Gasteiger partial charge in [-0.1, -0.05) is 15.9 Å². The quantitative estimate of drug-likeness (QED) is 0.630. The molecule has 2 nitrogen and oxygen atoms in total. The first-order valence-electron chi connectivity index (χ1n) is 4.74. The minimum absolute atomic E-state index is 0.160. The molecule has 0 fully saturated rings. The highest BCUT2D eigenvalue weighted by atomic mass is 79.9. The lowest BCUT2D eigenvalue weighted by molar-refractivity contribution is 0.0397. The zero-order valence-corrected chi connectivity index (χ0v) is 10.3. The Morgan fingerprint density at radius 2 is 1.93 bits per heavy atom. The van der Waals surface area contributed by atoms with Crippen molar-refractivity contribution in [1.82, 2.24) is 4.90 Å². The number of hydrogen-bond donors (Lipinski definition) is 0. The fourth-order valence-electron chi connectivity index (χ4n) is 1.03. The van der Waals surface area contributed by atoms with Crippen LogP contribution in [0.2, 0.25) is 0 Å². The normalized spacial score (nSPS) is 12.0. The predicted octanol–water partition coefficient (Wildman–Crippen LogP) is 2.37. The number of ether oxygens (including phenoxy) is 1. The average Bonchev–Trinajstić information content (AvgIpc) is 2.02. The molecule has 14 heavy (non-hydrogen) atoms. The summed E-state index contributed by atoms with van der Waals surface area (Å²) < 4.78 is 29.5. The smallest absolute Gasteiger partial charge is 0.251 e. The molecule has 0 heterocycles. The molecular formula is C9H18BrF2NO. The van der Waals surface area contributed by atoms with Crippen molar-refractivity contribution in [1.29, 1.82) is 0 Å². The van der Waals surface area contributed by atoms with Gasteiger partial charge in [-0.05, 0) is 13.8 Å². The van der Waals surface area contributed by atoms with Crippen molar-refractivity contribution in [3.8, 4) is 0 Å². The van der Waals surface area contributed by atoms with Crippen LogP contribution in [0.3, 0.4) is 0 Å². The molecular weight excluding hydrogens is 256 g/mol. The van der Waals surface area contributed by atoms with Gasteiger partial charge in [0.25, 0.3) is 6.43 Å². The Balaban J connectivity index is 3.61. The molecule has 86 valence electrons. The molecule has 5 heteroatoms. The fourth-order valence-corrected chi connectivity index (χ4v) is 1.53. The van der Waals surface area contributed by atoms with E-state index in [1.165, 1.54) is 0 Å². The lowest BCUT2D eigenvalue weighted by Crippen LogP contribution is -2.34. The molecule has 0 unspecified atom stereocenters. The maximum atomic E-state index is 12.1. The van der Waals surface area contributed by atoms with Crippen molar-refractivity contribution in [3.05, 3.63) is 0 Å².